The van der Waals surface area contributed by atoms with E-state index in [9.17, 15) is 0 Å². The predicted molar refractivity (Wildman–Crippen MR) is 125 cm³/mol. The van der Waals surface area contributed by atoms with Gasteiger partial charge in [-0.2, -0.15) is 5.10 Å². The van der Waals surface area contributed by atoms with Crippen molar-refractivity contribution in [3.8, 4) is 17.2 Å². The van der Waals surface area contributed by atoms with Crippen LogP contribution in [0.2, 0.25) is 0 Å². The van der Waals surface area contributed by atoms with Gasteiger partial charge in [0.2, 0.25) is 6.23 Å². The highest BCUT2D eigenvalue weighted by Gasteiger charge is 2.40. The average molecular weight is 429 g/mol. The minimum absolute atomic E-state index is 0.141. The normalized spacial score (nSPS) is 18.9. The fourth-order valence-electron chi connectivity index (χ4n) is 4.29. The van der Waals surface area contributed by atoms with Crippen molar-refractivity contribution in [2.45, 2.75) is 39.0 Å². The average Bonchev–Trinajstić information content (AvgIpc) is 3.29. The van der Waals surface area contributed by atoms with Gasteiger partial charge in [0, 0.05) is 17.5 Å². The summed E-state index contributed by atoms with van der Waals surface area (Å²) in [5.41, 5.74) is 4.41. The van der Waals surface area contributed by atoms with Crippen LogP contribution in [0, 0.1) is 0 Å². The SMILES string of the molecule is CCCOc1ccc(C2Oc3ccccc3C3CC(c4ccc(OCC)cc4)=NN32)cc1. The van der Waals surface area contributed by atoms with Gasteiger partial charge in [0.05, 0.1) is 25.0 Å². The Labute approximate surface area is 189 Å². The van der Waals surface area contributed by atoms with Crippen molar-refractivity contribution in [2.75, 3.05) is 13.2 Å². The van der Waals surface area contributed by atoms with Gasteiger partial charge < -0.3 is 14.2 Å². The van der Waals surface area contributed by atoms with E-state index < -0.39 is 0 Å². The molecule has 5 rings (SSSR count). The van der Waals surface area contributed by atoms with Crippen LogP contribution >= 0.6 is 0 Å². The summed E-state index contributed by atoms with van der Waals surface area (Å²) in [6.45, 7) is 5.48. The van der Waals surface area contributed by atoms with Gasteiger partial charge in [0.1, 0.15) is 17.2 Å². The molecule has 0 aliphatic carbocycles. The van der Waals surface area contributed by atoms with E-state index in [2.05, 4.69) is 48.3 Å². The summed E-state index contributed by atoms with van der Waals surface area (Å²) in [6, 6.07) is 24.8. The van der Waals surface area contributed by atoms with E-state index >= 15 is 0 Å². The van der Waals surface area contributed by atoms with Crippen LogP contribution in [0.3, 0.4) is 0 Å². The number of para-hydroxylation sites is 1. The second-order valence-electron chi connectivity index (χ2n) is 8.03. The van der Waals surface area contributed by atoms with E-state index in [1.54, 1.807) is 0 Å². The van der Waals surface area contributed by atoms with Gasteiger partial charge in [0.15, 0.2) is 0 Å². The lowest BCUT2D eigenvalue weighted by molar-refractivity contribution is -0.0190. The zero-order valence-electron chi connectivity index (χ0n) is 18.5. The number of hydrogen-bond donors (Lipinski definition) is 0. The highest BCUT2D eigenvalue weighted by Crippen LogP contribution is 2.47. The van der Waals surface area contributed by atoms with E-state index in [-0.39, 0.29) is 12.3 Å². The fourth-order valence-corrected chi connectivity index (χ4v) is 4.29. The van der Waals surface area contributed by atoms with Crippen LogP contribution in [0.25, 0.3) is 0 Å². The van der Waals surface area contributed by atoms with E-state index in [4.69, 9.17) is 19.3 Å². The molecule has 0 amide bonds. The van der Waals surface area contributed by atoms with Crippen LogP contribution in [0.4, 0.5) is 0 Å². The fraction of sp³-hybridized carbons (Fsp3) is 0.296. The Bertz CT molecular complexity index is 1090. The third kappa shape index (κ3) is 3.91. The van der Waals surface area contributed by atoms with Crippen LogP contribution in [-0.4, -0.2) is 23.9 Å². The van der Waals surface area contributed by atoms with Gasteiger partial charge >= 0.3 is 0 Å². The molecule has 3 aromatic carbocycles. The molecule has 0 bridgehead atoms. The highest BCUT2D eigenvalue weighted by molar-refractivity contribution is 6.02. The van der Waals surface area contributed by atoms with E-state index in [0.717, 1.165) is 53.5 Å². The largest absolute Gasteiger partial charge is 0.494 e. The highest BCUT2D eigenvalue weighted by atomic mass is 16.5. The summed E-state index contributed by atoms with van der Waals surface area (Å²) in [5, 5.41) is 7.14. The Morgan fingerprint density at radius 2 is 1.62 bits per heavy atom. The number of hydrazone groups is 1. The zero-order chi connectivity index (χ0) is 21.9. The molecule has 2 aliphatic heterocycles. The lowest BCUT2D eigenvalue weighted by Crippen LogP contribution is -2.33. The molecule has 32 heavy (non-hydrogen) atoms. The van der Waals surface area contributed by atoms with Gasteiger partial charge in [0.25, 0.3) is 0 Å². The van der Waals surface area contributed by atoms with Crippen molar-refractivity contribution in [3.63, 3.8) is 0 Å². The van der Waals surface area contributed by atoms with Gasteiger partial charge in [-0.3, -0.25) is 0 Å². The molecule has 5 nitrogen and oxygen atoms in total. The first kappa shape index (κ1) is 20.4. The Hall–Kier alpha value is -3.47. The lowest BCUT2D eigenvalue weighted by atomic mass is 9.96. The van der Waals surface area contributed by atoms with Crippen LogP contribution < -0.4 is 14.2 Å². The summed E-state index contributed by atoms with van der Waals surface area (Å²) in [7, 11) is 0. The molecule has 0 N–H and O–H groups in total. The standard InChI is InChI=1S/C27H28N2O3/c1-3-17-31-22-15-11-20(12-16-22)27-29-25(23-7-5-6-8-26(23)32-27)18-24(28-29)19-9-13-21(14-10-19)30-4-2/h5-16,25,27H,3-4,17-18H2,1-2H3. The number of hydrogen-bond acceptors (Lipinski definition) is 5. The molecule has 164 valence electrons. The second-order valence-corrected chi connectivity index (χ2v) is 8.03. The monoisotopic (exact) mass is 428 g/mol. The van der Waals surface area contributed by atoms with E-state index in [1.165, 1.54) is 5.56 Å². The molecule has 5 heteroatoms. The summed E-state index contributed by atoms with van der Waals surface area (Å²) in [4.78, 5) is 0. The topological polar surface area (TPSA) is 43.3 Å². The van der Waals surface area contributed by atoms with Gasteiger partial charge in [-0.05, 0) is 73.5 Å². The number of benzene rings is 3. The Morgan fingerprint density at radius 1 is 0.906 bits per heavy atom. The van der Waals surface area contributed by atoms with Crippen molar-refractivity contribution in [1.82, 2.24) is 5.01 Å². The number of ether oxygens (including phenoxy) is 3. The van der Waals surface area contributed by atoms with Crippen LogP contribution in [0.15, 0.2) is 77.9 Å². The number of fused-ring (bicyclic) bond motifs is 3. The van der Waals surface area contributed by atoms with Crippen molar-refractivity contribution < 1.29 is 14.2 Å². The number of nitrogens with zero attached hydrogens (tertiary/aromatic N) is 2. The molecule has 0 saturated carbocycles. The maximum absolute atomic E-state index is 6.45. The van der Waals surface area contributed by atoms with Crippen LogP contribution in [-0.2, 0) is 0 Å². The maximum atomic E-state index is 6.45. The van der Waals surface area contributed by atoms with Crippen molar-refractivity contribution in [1.29, 1.82) is 0 Å². The second kappa shape index (κ2) is 8.95. The molecule has 3 aromatic rings. The quantitative estimate of drug-likeness (QED) is 0.455. The summed E-state index contributed by atoms with van der Waals surface area (Å²) < 4.78 is 17.8. The Kier molecular flexibility index (Phi) is 5.71. The molecule has 2 atom stereocenters. The first-order valence-electron chi connectivity index (χ1n) is 11.3. The minimum Gasteiger partial charge on any atom is -0.494 e. The van der Waals surface area contributed by atoms with Crippen LogP contribution in [0.1, 0.15) is 55.6 Å². The predicted octanol–water partition coefficient (Wildman–Crippen LogP) is 6.12. The molecule has 0 radical (unpaired) electrons. The Balaban J connectivity index is 1.46. The molecule has 0 spiro atoms. The maximum Gasteiger partial charge on any atom is 0.213 e. The third-order valence-corrected chi connectivity index (χ3v) is 5.84. The lowest BCUT2D eigenvalue weighted by Gasteiger charge is -2.38. The zero-order valence-corrected chi connectivity index (χ0v) is 18.5. The molecular weight excluding hydrogens is 400 g/mol. The third-order valence-electron chi connectivity index (χ3n) is 5.84. The van der Waals surface area contributed by atoms with Crippen molar-refractivity contribution in [3.05, 3.63) is 89.5 Å². The molecule has 2 unspecified atom stereocenters. The molecule has 0 aromatic heterocycles. The summed E-state index contributed by atoms with van der Waals surface area (Å²) >= 11 is 0. The van der Waals surface area contributed by atoms with Crippen LogP contribution in [0.5, 0.6) is 17.2 Å². The summed E-state index contributed by atoms with van der Waals surface area (Å²) in [5.74, 6) is 2.68. The first-order chi connectivity index (χ1) is 15.8. The minimum atomic E-state index is -0.282. The number of rotatable bonds is 7. The van der Waals surface area contributed by atoms with Gasteiger partial charge in [-0.15, -0.1) is 0 Å². The first-order valence-corrected chi connectivity index (χ1v) is 11.3. The summed E-state index contributed by atoms with van der Waals surface area (Å²) in [6.07, 6.45) is 1.54. The van der Waals surface area contributed by atoms with Crippen molar-refractivity contribution in [2.24, 2.45) is 5.10 Å². The molecule has 2 aliphatic rings. The molecule has 2 heterocycles. The van der Waals surface area contributed by atoms with Gasteiger partial charge in [-0.1, -0.05) is 25.1 Å². The van der Waals surface area contributed by atoms with Gasteiger partial charge in [-0.25, -0.2) is 5.01 Å². The van der Waals surface area contributed by atoms with E-state index in [1.807, 2.05) is 43.3 Å². The van der Waals surface area contributed by atoms with E-state index in [0.29, 0.717) is 6.61 Å². The Morgan fingerprint density at radius 3 is 2.38 bits per heavy atom. The molecular formula is C27H28N2O3. The smallest absolute Gasteiger partial charge is 0.213 e. The molecule has 0 saturated heterocycles. The molecule has 0 fully saturated rings. The van der Waals surface area contributed by atoms with Crippen molar-refractivity contribution >= 4 is 5.71 Å².